The topological polar surface area (TPSA) is 45.8 Å². The highest BCUT2D eigenvalue weighted by atomic mass is 35.5. The second-order valence-corrected chi connectivity index (χ2v) is 6.09. The highest BCUT2D eigenvalue weighted by molar-refractivity contribution is 6.30. The van der Waals surface area contributed by atoms with E-state index in [1.165, 1.54) is 17.2 Å². The van der Waals surface area contributed by atoms with Gasteiger partial charge in [-0.2, -0.15) is 0 Å². The average molecular weight is 380 g/mol. The minimum Gasteiger partial charge on any atom is -0.369 e. The Labute approximate surface area is 168 Å². The van der Waals surface area contributed by atoms with Crippen molar-refractivity contribution in [3.8, 4) is 0 Å². The van der Waals surface area contributed by atoms with Crippen molar-refractivity contribution in [3.63, 3.8) is 0 Å². The van der Waals surface area contributed by atoms with Gasteiger partial charge in [0.15, 0.2) is 5.65 Å². The Bertz CT molecular complexity index is 1260. The van der Waals surface area contributed by atoms with E-state index in [1.54, 1.807) is 36.4 Å². The standard InChI is InChI=1S/C19H22ClN5O/c20-16-5-3-6-17(15-16)23-13-11-22(12-14-23)8-4-10-25-19(26)24-9-2-1-7-18(24)21-25/h1-3,5-7,9,15H,4,8,10-14H2/i4D2,10D2,11D2,12D2. The Morgan fingerprint density at radius 3 is 2.81 bits per heavy atom. The Hall–Kier alpha value is -2.31. The van der Waals surface area contributed by atoms with Crippen molar-refractivity contribution in [2.24, 2.45) is 0 Å². The largest absolute Gasteiger partial charge is 0.369 e. The molecule has 2 aromatic heterocycles. The highest BCUT2D eigenvalue weighted by Gasteiger charge is 2.17. The monoisotopic (exact) mass is 379 g/mol. The number of halogens is 1. The maximum atomic E-state index is 12.7. The highest BCUT2D eigenvalue weighted by Crippen LogP contribution is 2.20. The molecule has 136 valence electrons. The number of hydrogen-bond donors (Lipinski definition) is 0. The summed E-state index contributed by atoms with van der Waals surface area (Å²) < 4.78 is 69.1. The van der Waals surface area contributed by atoms with Gasteiger partial charge in [0.05, 0.1) is 2.74 Å². The molecule has 3 heterocycles. The van der Waals surface area contributed by atoms with Gasteiger partial charge in [0.2, 0.25) is 0 Å². The van der Waals surface area contributed by atoms with E-state index in [4.69, 9.17) is 22.6 Å². The Kier molecular flexibility index (Phi) is 2.93. The molecule has 0 saturated carbocycles. The maximum absolute atomic E-state index is 12.7. The van der Waals surface area contributed by atoms with Crippen LogP contribution in [0, 0.1) is 0 Å². The first-order chi connectivity index (χ1) is 15.7. The van der Waals surface area contributed by atoms with E-state index >= 15 is 0 Å². The van der Waals surface area contributed by atoms with Crippen LogP contribution in [0.1, 0.15) is 17.3 Å². The molecule has 1 aromatic carbocycles. The van der Waals surface area contributed by atoms with Gasteiger partial charge in [0.1, 0.15) is 0 Å². The van der Waals surface area contributed by atoms with Crippen molar-refractivity contribution >= 4 is 22.9 Å². The Morgan fingerprint density at radius 2 is 2.04 bits per heavy atom. The summed E-state index contributed by atoms with van der Waals surface area (Å²) in [6, 6.07) is 11.2. The Morgan fingerprint density at radius 1 is 1.19 bits per heavy atom. The molecule has 0 radical (unpaired) electrons. The number of aryl methyl sites for hydroxylation is 1. The maximum Gasteiger partial charge on any atom is 0.350 e. The second-order valence-electron chi connectivity index (χ2n) is 5.65. The van der Waals surface area contributed by atoms with E-state index in [2.05, 4.69) is 5.10 Å². The Balaban J connectivity index is 1.66. The van der Waals surface area contributed by atoms with E-state index in [-0.39, 0.29) is 18.7 Å². The molecule has 4 rings (SSSR count). The number of aromatic nitrogens is 3. The second kappa shape index (κ2) is 7.51. The summed E-state index contributed by atoms with van der Waals surface area (Å²) >= 11 is 6.02. The van der Waals surface area contributed by atoms with Gasteiger partial charge in [-0.3, -0.25) is 9.30 Å². The van der Waals surface area contributed by atoms with E-state index in [0.29, 0.717) is 20.3 Å². The number of benzene rings is 1. The lowest BCUT2D eigenvalue weighted by atomic mass is 10.2. The van der Waals surface area contributed by atoms with Gasteiger partial charge in [-0.15, -0.1) is 5.10 Å². The minimum atomic E-state index is -3.01. The fourth-order valence-electron chi connectivity index (χ4n) is 2.61. The van der Waals surface area contributed by atoms with Crippen LogP contribution in [-0.4, -0.2) is 51.7 Å². The number of piperazine rings is 1. The molecule has 6 nitrogen and oxygen atoms in total. The van der Waals surface area contributed by atoms with Crippen LogP contribution in [0.4, 0.5) is 5.69 Å². The molecule has 0 aliphatic carbocycles. The predicted molar refractivity (Wildman–Crippen MR) is 104 cm³/mol. The molecular weight excluding hydrogens is 350 g/mol. The van der Waals surface area contributed by atoms with Crippen LogP contribution in [0.2, 0.25) is 5.02 Å². The number of pyridine rings is 1. The first-order valence-corrected chi connectivity index (χ1v) is 8.39. The van der Waals surface area contributed by atoms with Crippen LogP contribution in [0.5, 0.6) is 0 Å². The van der Waals surface area contributed by atoms with Crippen LogP contribution in [0.3, 0.4) is 0 Å². The summed E-state index contributed by atoms with van der Waals surface area (Å²) in [5.74, 6) is 0. The van der Waals surface area contributed by atoms with E-state index < -0.39 is 38.1 Å². The normalized spacial score (nSPS) is 25.2. The van der Waals surface area contributed by atoms with Gasteiger partial charge in [-0.05, 0) is 36.7 Å². The van der Waals surface area contributed by atoms with Crippen LogP contribution >= 0.6 is 11.6 Å². The van der Waals surface area contributed by atoms with Crippen molar-refractivity contribution in [1.82, 2.24) is 19.1 Å². The fraction of sp³-hybridized carbons (Fsp3) is 0.368. The smallest absolute Gasteiger partial charge is 0.350 e. The molecular formula is C19H22ClN5O. The van der Waals surface area contributed by atoms with Crippen LogP contribution in [0.25, 0.3) is 5.65 Å². The van der Waals surface area contributed by atoms with E-state index in [0.717, 1.165) is 4.40 Å². The molecule has 0 bridgehead atoms. The average Bonchev–Trinajstić information content (AvgIpc) is 3.08. The molecule has 0 atom stereocenters. The van der Waals surface area contributed by atoms with Gasteiger partial charge in [-0.1, -0.05) is 23.7 Å². The van der Waals surface area contributed by atoms with Crippen molar-refractivity contribution in [3.05, 3.63) is 64.2 Å². The van der Waals surface area contributed by atoms with Crippen molar-refractivity contribution in [2.75, 3.05) is 37.5 Å². The molecule has 1 fully saturated rings. The molecule has 0 spiro atoms. The summed E-state index contributed by atoms with van der Waals surface area (Å²) in [5.41, 5.74) is -0.274. The van der Waals surface area contributed by atoms with E-state index in [9.17, 15) is 4.79 Å². The number of fused-ring (bicyclic) bond motifs is 1. The van der Waals surface area contributed by atoms with Gasteiger partial charge in [0, 0.05) is 64.3 Å². The van der Waals surface area contributed by atoms with Gasteiger partial charge in [0.25, 0.3) is 0 Å². The summed E-state index contributed by atoms with van der Waals surface area (Å²) in [6.07, 6.45) is -1.52. The molecule has 26 heavy (non-hydrogen) atoms. The first kappa shape index (κ1) is 10.1. The quantitative estimate of drug-likeness (QED) is 0.682. The zero-order valence-corrected chi connectivity index (χ0v) is 14.5. The summed E-state index contributed by atoms with van der Waals surface area (Å²) in [5, 5.41) is 4.31. The lowest BCUT2D eigenvalue weighted by molar-refractivity contribution is 0.248. The van der Waals surface area contributed by atoms with Gasteiger partial charge >= 0.3 is 5.69 Å². The third kappa shape index (κ3) is 3.61. The van der Waals surface area contributed by atoms with Gasteiger partial charge in [-0.25, -0.2) is 9.48 Å². The van der Waals surface area contributed by atoms with Crippen molar-refractivity contribution in [1.29, 1.82) is 0 Å². The van der Waals surface area contributed by atoms with Gasteiger partial charge < -0.3 is 4.90 Å². The lowest BCUT2D eigenvalue weighted by Crippen LogP contribution is -2.46. The molecule has 1 aliphatic rings. The molecule has 1 aliphatic heterocycles. The lowest BCUT2D eigenvalue weighted by Gasteiger charge is -2.36. The van der Waals surface area contributed by atoms with Crippen molar-refractivity contribution < 1.29 is 11.0 Å². The summed E-state index contributed by atoms with van der Waals surface area (Å²) in [7, 11) is 0. The van der Waals surface area contributed by atoms with Crippen LogP contribution in [0.15, 0.2) is 53.5 Å². The SMILES string of the molecule is [2H]C1([2H])CN(c2cccc(Cl)c2)CC([2H])([2H])N1CC([2H])([2H])C([2H])([2H])n1nc2ccccn2c1=O. The van der Waals surface area contributed by atoms with Crippen molar-refractivity contribution in [2.45, 2.75) is 12.9 Å². The number of anilines is 1. The number of hydrogen-bond acceptors (Lipinski definition) is 4. The predicted octanol–water partition coefficient (Wildman–Crippen LogP) is 2.36. The summed E-state index contributed by atoms with van der Waals surface area (Å²) in [6.45, 7) is -9.34. The molecule has 7 heteroatoms. The van der Waals surface area contributed by atoms with Crippen LogP contribution in [-0.2, 0) is 6.50 Å². The van der Waals surface area contributed by atoms with Crippen LogP contribution < -0.4 is 10.6 Å². The number of nitrogens with zero attached hydrogens (tertiary/aromatic N) is 5. The molecule has 0 amide bonds. The third-order valence-corrected chi connectivity index (χ3v) is 4.16. The fourth-order valence-corrected chi connectivity index (χ4v) is 2.79. The first-order valence-electron chi connectivity index (χ1n) is 12.0. The molecule has 3 aromatic rings. The minimum absolute atomic E-state index is 0.118. The number of rotatable bonds is 5. The zero-order chi connectivity index (χ0) is 25.1. The van der Waals surface area contributed by atoms with E-state index in [1.807, 2.05) is 0 Å². The molecule has 1 saturated heterocycles. The molecule has 0 unspecified atom stereocenters. The zero-order valence-electron chi connectivity index (χ0n) is 21.8. The molecule has 0 N–H and O–H groups in total. The third-order valence-electron chi connectivity index (χ3n) is 3.93. The summed E-state index contributed by atoms with van der Waals surface area (Å²) in [4.78, 5) is 14.8.